The molecule has 5 heteroatoms. The molecule has 92 valence electrons. The fourth-order valence-corrected chi connectivity index (χ4v) is 1.49. The highest BCUT2D eigenvalue weighted by Gasteiger charge is 2.17. The summed E-state index contributed by atoms with van der Waals surface area (Å²) in [6.07, 6.45) is 0. The Bertz CT molecular complexity index is 415. The molecular formula is C12H16N2O2S. The van der Waals surface area contributed by atoms with Gasteiger partial charge in [-0.1, -0.05) is 0 Å². The first-order chi connectivity index (χ1) is 7.91. The lowest BCUT2D eigenvalue weighted by Crippen LogP contribution is -2.44. The van der Waals surface area contributed by atoms with Crippen LogP contribution in [0, 0.1) is 0 Å². The van der Waals surface area contributed by atoms with Crippen molar-refractivity contribution in [1.82, 2.24) is 10.2 Å². The zero-order chi connectivity index (χ0) is 13.0. The van der Waals surface area contributed by atoms with Crippen molar-refractivity contribution in [2.45, 2.75) is 17.9 Å². The lowest BCUT2D eigenvalue weighted by Gasteiger charge is -2.17. The van der Waals surface area contributed by atoms with Gasteiger partial charge in [-0.2, -0.15) is 0 Å². The van der Waals surface area contributed by atoms with Crippen LogP contribution in [0.1, 0.15) is 17.3 Å². The molecule has 1 aromatic carbocycles. The lowest BCUT2D eigenvalue weighted by molar-refractivity contribution is -0.130. The van der Waals surface area contributed by atoms with Crippen molar-refractivity contribution >= 4 is 24.4 Å². The average Bonchev–Trinajstić information content (AvgIpc) is 2.28. The summed E-state index contributed by atoms with van der Waals surface area (Å²) < 4.78 is 0. The average molecular weight is 252 g/mol. The van der Waals surface area contributed by atoms with Gasteiger partial charge in [0, 0.05) is 24.6 Å². The standard InChI is InChI=1S/C12H16N2O2S/c1-8(12(16)14(2)3)13-11(15)9-4-6-10(17)7-5-9/h4-8,17H,1-3H3,(H,13,15). The van der Waals surface area contributed by atoms with Crippen molar-refractivity contribution in [2.75, 3.05) is 14.1 Å². The number of benzene rings is 1. The van der Waals surface area contributed by atoms with E-state index < -0.39 is 6.04 Å². The molecule has 0 aliphatic heterocycles. The van der Waals surface area contributed by atoms with E-state index in [1.54, 1.807) is 45.3 Å². The van der Waals surface area contributed by atoms with E-state index >= 15 is 0 Å². The van der Waals surface area contributed by atoms with Gasteiger partial charge in [-0.05, 0) is 31.2 Å². The zero-order valence-corrected chi connectivity index (χ0v) is 11.0. The number of nitrogens with zero attached hydrogens (tertiary/aromatic N) is 1. The smallest absolute Gasteiger partial charge is 0.251 e. The van der Waals surface area contributed by atoms with Crippen molar-refractivity contribution < 1.29 is 9.59 Å². The van der Waals surface area contributed by atoms with Gasteiger partial charge in [-0.15, -0.1) is 12.6 Å². The molecule has 0 heterocycles. The fourth-order valence-electron chi connectivity index (χ4n) is 1.34. The first-order valence-electron chi connectivity index (χ1n) is 5.23. The number of hydrogen-bond donors (Lipinski definition) is 2. The van der Waals surface area contributed by atoms with E-state index in [0.29, 0.717) is 5.56 Å². The quantitative estimate of drug-likeness (QED) is 0.794. The number of thiol groups is 1. The number of likely N-dealkylation sites (N-methyl/N-ethyl adjacent to an activating group) is 1. The second-order valence-corrected chi connectivity index (χ2v) is 4.49. The molecular weight excluding hydrogens is 236 g/mol. The van der Waals surface area contributed by atoms with Crippen LogP contribution in [0.2, 0.25) is 0 Å². The van der Waals surface area contributed by atoms with Gasteiger partial charge in [-0.3, -0.25) is 9.59 Å². The topological polar surface area (TPSA) is 49.4 Å². The van der Waals surface area contributed by atoms with Crippen LogP contribution in [0.3, 0.4) is 0 Å². The molecule has 1 aromatic rings. The monoisotopic (exact) mass is 252 g/mol. The molecule has 0 aliphatic carbocycles. The number of hydrogen-bond acceptors (Lipinski definition) is 3. The predicted molar refractivity (Wildman–Crippen MR) is 69.3 cm³/mol. The predicted octanol–water partition coefficient (Wildman–Crippen LogP) is 1.18. The molecule has 0 spiro atoms. The number of carbonyl (C=O) groups is 2. The summed E-state index contributed by atoms with van der Waals surface area (Å²) in [4.78, 5) is 25.6. The van der Waals surface area contributed by atoms with E-state index in [1.165, 1.54) is 4.90 Å². The summed E-state index contributed by atoms with van der Waals surface area (Å²) in [5.74, 6) is -0.398. The van der Waals surface area contributed by atoms with Crippen LogP contribution >= 0.6 is 12.6 Å². The van der Waals surface area contributed by atoms with E-state index in [-0.39, 0.29) is 11.8 Å². The Hall–Kier alpha value is -1.49. The van der Waals surface area contributed by atoms with Crippen molar-refractivity contribution in [3.63, 3.8) is 0 Å². The molecule has 2 amide bonds. The van der Waals surface area contributed by atoms with Crippen LogP contribution in [0.4, 0.5) is 0 Å². The number of amides is 2. The molecule has 0 fully saturated rings. The highest BCUT2D eigenvalue weighted by Crippen LogP contribution is 2.07. The number of rotatable bonds is 3. The third-order valence-electron chi connectivity index (χ3n) is 2.29. The third-order valence-corrected chi connectivity index (χ3v) is 2.59. The molecule has 0 saturated heterocycles. The Kier molecular flexibility index (Phi) is 4.57. The summed E-state index contributed by atoms with van der Waals surface area (Å²) in [6, 6.07) is 6.27. The lowest BCUT2D eigenvalue weighted by atomic mass is 10.2. The summed E-state index contributed by atoms with van der Waals surface area (Å²) in [7, 11) is 3.31. The first-order valence-corrected chi connectivity index (χ1v) is 5.67. The minimum absolute atomic E-state index is 0.135. The maximum Gasteiger partial charge on any atom is 0.251 e. The number of carbonyl (C=O) groups excluding carboxylic acids is 2. The van der Waals surface area contributed by atoms with Crippen molar-refractivity contribution in [1.29, 1.82) is 0 Å². The SMILES string of the molecule is CC(NC(=O)c1ccc(S)cc1)C(=O)N(C)C. The molecule has 17 heavy (non-hydrogen) atoms. The normalized spacial score (nSPS) is 11.8. The Morgan fingerprint density at radius 1 is 1.24 bits per heavy atom. The Labute approximate surface area is 106 Å². The van der Waals surface area contributed by atoms with Gasteiger partial charge in [-0.25, -0.2) is 0 Å². The number of nitrogens with one attached hydrogen (secondary N) is 1. The third kappa shape index (κ3) is 3.78. The minimum Gasteiger partial charge on any atom is -0.347 e. The second kappa shape index (κ2) is 5.72. The van der Waals surface area contributed by atoms with Crippen molar-refractivity contribution in [2.24, 2.45) is 0 Å². The van der Waals surface area contributed by atoms with Crippen LogP contribution in [0.15, 0.2) is 29.2 Å². The highest BCUT2D eigenvalue weighted by atomic mass is 32.1. The molecule has 0 aromatic heterocycles. The summed E-state index contributed by atoms with van der Waals surface area (Å²) in [5, 5.41) is 2.64. The molecule has 0 saturated carbocycles. The molecule has 1 unspecified atom stereocenters. The Morgan fingerprint density at radius 3 is 2.24 bits per heavy atom. The molecule has 1 N–H and O–H groups in total. The van der Waals surface area contributed by atoms with Crippen LogP contribution in [0.25, 0.3) is 0 Å². The van der Waals surface area contributed by atoms with Crippen LogP contribution < -0.4 is 5.32 Å². The van der Waals surface area contributed by atoms with E-state index in [1.807, 2.05) is 0 Å². The van der Waals surface area contributed by atoms with Crippen LogP contribution in [-0.4, -0.2) is 36.9 Å². The van der Waals surface area contributed by atoms with Gasteiger partial charge in [0.05, 0.1) is 0 Å². The summed E-state index contributed by atoms with van der Waals surface area (Å²) in [6.45, 7) is 1.66. The largest absolute Gasteiger partial charge is 0.347 e. The molecule has 4 nitrogen and oxygen atoms in total. The molecule has 0 bridgehead atoms. The van der Waals surface area contributed by atoms with Crippen molar-refractivity contribution in [3.05, 3.63) is 29.8 Å². The summed E-state index contributed by atoms with van der Waals surface area (Å²) in [5.41, 5.74) is 0.515. The summed E-state index contributed by atoms with van der Waals surface area (Å²) >= 11 is 4.14. The highest BCUT2D eigenvalue weighted by molar-refractivity contribution is 7.80. The van der Waals surface area contributed by atoms with E-state index in [2.05, 4.69) is 17.9 Å². The molecule has 0 radical (unpaired) electrons. The van der Waals surface area contributed by atoms with Gasteiger partial charge in [0.1, 0.15) is 6.04 Å². The molecule has 1 atom stereocenters. The van der Waals surface area contributed by atoms with Gasteiger partial charge < -0.3 is 10.2 Å². The van der Waals surface area contributed by atoms with Crippen LogP contribution in [0.5, 0.6) is 0 Å². The van der Waals surface area contributed by atoms with Crippen LogP contribution in [-0.2, 0) is 4.79 Å². The second-order valence-electron chi connectivity index (χ2n) is 3.97. The van der Waals surface area contributed by atoms with Gasteiger partial charge >= 0.3 is 0 Å². The van der Waals surface area contributed by atoms with Gasteiger partial charge in [0.15, 0.2) is 0 Å². The Morgan fingerprint density at radius 2 is 1.76 bits per heavy atom. The Balaban J connectivity index is 2.66. The first kappa shape index (κ1) is 13.6. The molecule has 0 aliphatic rings. The van der Waals surface area contributed by atoms with Gasteiger partial charge in [0.25, 0.3) is 5.91 Å². The molecule has 1 rings (SSSR count). The minimum atomic E-state index is -0.534. The van der Waals surface area contributed by atoms with Gasteiger partial charge in [0.2, 0.25) is 5.91 Å². The fraction of sp³-hybridized carbons (Fsp3) is 0.333. The zero-order valence-electron chi connectivity index (χ0n) is 10.1. The van der Waals surface area contributed by atoms with E-state index in [0.717, 1.165) is 4.90 Å². The van der Waals surface area contributed by atoms with E-state index in [9.17, 15) is 9.59 Å². The maximum absolute atomic E-state index is 11.8. The van der Waals surface area contributed by atoms with E-state index in [4.69, 9.17) is 0 Å². The maximum atomic E-state index is 11.8. The van der Waals surface area contributed by atoms with Crippen molar-refractivity contribution in [3.8, 4) is 0 Å².